The van der Waals surface area contributed by atoms with Crippen LogP contribution in [-0.4, -0.2) is 42.3 Å². The van der Waals surface area contributed by atoms with Crippen molar-refractivity contribution in [3.8, 4) is 0 Å². The molecule has 0 saturated carbocycles. The predicted octanol–water partition coefficient (Wildman–Crippen LogP) is 0.0449. The minimum atomic E-state index is -3.12. The summed E-state index contributed by atoms with van der Waals surface area (Å²) in [6.07, 6.45) is -1.41. The monoisotopic (exact) mass is 236 g/mol. The number of rotatable bonds is 3. The second-order valence-corrected chi connectivity index (χ2v) is 7.02. The molecule has 4 unspecified atom stereocenters. The Kier molecular flexibility index (Phi) is 3.79. The minimum Gasteiger partial charge on any atom is -0.393 e. The van der Waals surface area contributed by atoms with Crippen molar-refractivity contribution in [2.24, 2.45) is 17.8 Å². The Bertz CT molecular complexity index is 299. The molecule has 0 aromatic carbocycles. The van der Waals surface area contributed by atoms with E-state index < -0.39 is 22.0 Å². The SMILES string of the molecule is CC(C)C(C(C)O)C1CS(=O)(=O)CC1O. The van der Waals surface area contributed by atoms with Gasteiger partial charge in [0, 0.05) is 5.92 Å². The van der Waals surface area contributed by atoms with Crippen molar-refractivity contribution in [3.05, 3.63) is 0 Å². The molecule has 0 aliphatic carbocycles. The Labute approximate surface area is 91.2 Å². The molecule has 0 bridgehead atoms. The van der Waals surface area contributed by atoms with Crippen LogP contribution in [0.5, 0.6) is 0 Å². The van der Waals surface area contributed by atoms with Crippen LogP contribution in [0, 0.1) is 17.8 Å². The molecule has 1 aliphatic rings. The molecule has 1 rings (SSSR count). The van der Waals surface area contributed by atoms with E-state index in [2.05, 4.69) is 0 Å². The summed E-state index contributed by atoms with van der Waals surface area (Å²) in [6.45, 7) is 5.53. The molecule has 0 aromatic heterocycles. The molecule has 0 spiro atoms. The van der Waals surface area contributed by atoms with E-state index in [1.165, 1.54) is 0 Å². The van der Waals surface area contributed by atoms with E-state index in [1.54, 1.807) is 6.92 Å². The largest absolute Gasteiger partial charge is 0.393 e. The average Bonchev–Trinajstić information content (AvgIpc) is 2.23. The standard InChI is InChI=1S/C10H20O4S/c1-6(2)10(7(3)11)8-4-15(13,14)5-9(8)12/h6-12H,4-5H2,1-3H3. The van der Waals surface area contributed by atoms with Crippen molar-refractivity contribution >= 4 is 9.84 Å². The number of hydrogen-bond acceptors (Lipinski definition) is 4. The highest BCUT2D eigenvalue weighted by atomic mass is 32.2. The maximum atomic E-state index is 11.4. The van der Waals surface area contributed by atoms with Crippen molar-refractivity contribution < 1.29 is 18.6 Å². The van der Waals surface area contributed by atoms with Crippen molar-refractivity contribution in [1.29, 1.82) is 0 Å². The molecule has 0 aromatic rings. The van der Waals surface area contributed by atoms with Crippen LogP contribution < -0.4 is 0 Å². The lowest BCUT2D eigenvalue weighted by Crippen LogP contribution is -2.36. The fraction of sp³-hybridized carbons (Fsp3) is 1.00. The third kappa shape index (κ3) is 2.92. The van der Waals surface area contributed by atoms with Gasteiger partial charge in [-0.3, -0.25) is 0 Å². The molecule has 90 valence electrons. The summed E-state index contributed by atoms with van der Waals surface area (Å²) in [5, 5.41) is 19.3. The predicted molar refractivity (Wildman–Crippen MR) is 58.2 cm³/mol. The lowest BCUT2D eigenvalue weighted by Gasteiger charge is -2.30. The first-order chi connectivity index (χ1) is 6.74. The Morgan fingerprint density at radius 3 is 2.00 bits per heavy atom. The van der Waals surface area contributed by atoms with Gasteiger partial charge in [0.1, 0.15) is 0 Å². The van der Waals surface area contributed by atoms with Crippen molar-refractivity contribution in [2.45, 2.75) is 33.0 Å². The Balaban J connectivity index is 2.87. The van der Waals surface area contributed by atoms with Crippen LogP contribution in [0.25, 0.3) is 0 Å². The summed E-state index contributed by atoms with van der Waals surface area (Å²) in [7, 11) is -3.12. The number of hydrogen-bond donors (Lipinski definition) is 2. The second kappa shape index (κ2) is 4.39. The van der Waals surface area contributed by atoms with Crippen LogP contribution in [-0.2, 0) is 9.84 Å². The molecule has 0 radical (unpaired) electrons. The third-order valence-corrected chi connectivity index (χ3v) is 4.93. The number of aliphatic hydroxyl groups excluding tert-OH is 2. The molecule has 1 heterocycles. The van der Waals surface area contributed by atoms with Gasteiger partial charge < -0.3 is 10.2 Å². The minimum absolute atomic E-state index is 0.00190. The van der Waals surface area contributed by atoms with Gasteiger partial charge in [-0.1, -0.05) is 13.8 Å². The molecular formula is C10H20O4S. The van der Waals surface area contributed by atoms with Crippen molar-refractivity contribution in [3.63, 3.8) is 0 Å². The maximum absolute atomic E-state index is 11.4. The first-order valence-corrected chi connectivity index (χ1v) is 7.13. The smallest absolute Gasteiger partial charge is 0.153 e. The number of sulfone groups is 1. The van der Waals surface area contributed by atoms with Crippen LogP contribution in [0.4, 0.5) is 0 Å². The molecule has 1 saturated heterocycles. The highest BCUT2D eigenvalue weighted by Gasteiger charge is 2.43. The van der Waals surface area contributed by atoms with Gasteiger partial charge >= 0.3 is 0 Å². The zero-order valence-electron chi connectivity index (χ0n) is 9.42. The maximum Gasteiger partial charge on any atom is 0.153 e. The fourth-order valence-corrected chi connectivity index (χ4v) is 4.57. The highest BCUT2D eigenvalue weighted by Crippen LogP contribution is 2.33. The normalized spacial score (nSPS) is 34.3. The van der Waals surface area contributed by atoms with E-state index in [0.29, 0.717) is 0 Å². The molecule has 1 aliphatic heterocycles. The van der Waals surface area contributed by atoms with E-state index in [4.69, 9.17) is 0 Å². The summed E-state index contributed by atoms with van der Waals surface area (Å²) >= 11 is 0. The van der Waals surface area contributed by atoms with Crippen LogP contribution in [0.2, 0.25) is 0 Å². The summed E-state index contributed by atoms with van der Waals surface area (Å²) in [5.41, 5.74) is 0. The van der Waals surface area contributed by atoms with Gasteiger partial charge in [0.25, 0.3) is 0 Å². The van der Waals surface area contributed by atoms with E-state index in [9.17, 15) is 18.6 Å². The topological polar surface area (TPSA) is 74.6 Å². The third-order valence-electron chi connectivity index (χ3n) is 3.19. The van der Waals surface area contributed by atoms with Crippen molar-refractivity contribution in [1.82, 2.24) is 0 Å². The lowest BCUT2D eigenvalue weighted by atomic mass is 9.78. The van der Waals surface area contributed by atoms with Gasteiger partial charge in [-0.2, -0.15) is 0 Å². The molecule has 0 amide bonds. The lowest BCUT2D eigenvalue weighted by molar-refractivity contribution is 0.0167. The molecule has 4 atom stereocenters. The van der Waals surface area contributed by atoms with Gasteiger partial charge in [0.05, 0.1) is 23.7 Å². The first kappa shape index (κ1) is 12.9. The van der Waals surface area contributed by atoms with Crippen LogP contribution >= 0.6 is 0 Å². The van der Waals surface area contributed by atoms with E-state index >= 15 is 0 Å². The fourth-order valence-electron chi connectivity index (χ4n) is 2.63. The highest BCUT2D eigenvalue weighted by molar-refractivity contribution is 7.91. The van der Waals surface area contributed by atoms with Gasteiger partial charge in [0.15, 0.2) is 9.84 Å². The van der Waals surface area contributed by atoms with Crippen LogP contribution in [0.15, 0.2) is 0 Å². The van der Waals surface area contributed by atoms with E-state index in [1.807, 2.05) is 13.8 Å². The zero-order valence-corrected chi connectivity index (χ0v) is 10.2. The summed E-state index contributed by atoms with van der Waals surface area (Å²) in [4.78, 5) is 0. The van der Waals surface area contributed by atoms with Gasteiger partial charge in [-0.25, -0.2) is 8.42 Å². The molecule has 2 N–H and O–H groups in total. The van der Waals surface area contributed by atoms with Gasteiger partial charge in [0.2, 0.25) is 0 Å². The molecule has 5 heteroatoms. The Morgan fingerprint density at radius 2 is 1.73 bits per heavy atom. The van der Waals surface area contributed by atoms with Gasteiger partial charge in [-0.15, -0.1) is 0 Å². The van der Waals surface area contributed by atoms with E-state index in [-0.39, 0.29) is 29.3 Å². The summed E-state index contributed by atoms with van der Waals surface area (Å²) in [5.74, 6) is -0.472. The Hall–Kier alpha value is -0.130. The quantitative estimate of drug-likeness (QED) is 0.726. The second-order valence-electron chi connectivity index (χ2n) is 4.87. The van der Waals surface area contributed by atoms with Gasteiger partial charge in [-0.05, 0) is 18.8 Å². The number of aliphatic hydroxyl groups is 2. The van der Waals surface area contributed by atoms with Crippen molar-refractivity contribution in [2.75, 3.05) is 11.5 Å². The molecule has 1 fully saturated rings. The summed E-state index contributed by atoms with van der Waals surface area (Å²) in [6, 6.07) is 0. The van der Waals surface area contributed by atoms with E-state index in [0.717, 1.165) is 0 Å². The Morgan fingerprint density at radius 1 is 1.20 bits per heavy atom. The van der Waals surface area contributed by atoms with Crippen LogP contribution in [0.3, 0.4) is 0 Å². The molecule has 4 nitrogen and oxygen atoms in total. The van der Waals surface area contributed by atoms with Crippen LogP contribution in [0.1, 0.15) is 20.8 Å². The molecule has 15 heavy (non-hydrogen) atoms. The first-order valence-electron chi connectivity index (χ1n) is 5.31. The molecular weight excluding hydrogens is 216 g/mol. The summed E-state index contributed by atoms with van der Waals surface area (Å²) < 4.78 is 22.7. The zero-order chi connectivity index (χ0) is 11.8. The average molecular weight is 236 g/mol.